The van der Waals surface area contributed by atoms with Crippen molar-refractivity contribution >= 4 is 23.3 Å². The molecule has 0 radical (unpaired) electrons. The zero-order valence-electron chi connectivity index (χ0n) is 15.7. The standard InChI is InChI=1S/C23H21NO4S/c24-19(12-21(25)26)22(20-10-5-11-29-20)23(27)28-13-18-16-8-3-1-6-14(16)15-7-2-4-9-17(15)18/h1-11,18-19,22H,12-13,24H2,(H,25,26)/t19-,22+/m1/s1. The number of fused-ring (bicyclic) bond motifs is 3. The molecule has 3 aromatic rings. The highest BCUT2D eigenvalue weighted by molar-refractivity contribution is 7.10. The molecule has 1 aliphatic carbocycles. The van der Waals surface area contributed by atoms with E-state index in [4.69, 9.17) is 15.6 Å². The zero-order valence-corrected chi connectivity index (χ0v) is 16.5. The summed E-state index contributed by atoms with van der Waals surface area (Å²) < 4.78 is 5.72. The first-order valence-corrected chi connectivity index (χ1v) is 10.3. The molecule has 29 heavy (non-hydrogen) atoms. The van der Waals surface area contributed by atoms with Crippen LogP contribution in [0.1, 0.15) is 34.3 Å². The molecule has 0 spiro atoms. The Kier molecular flexibility index (Phi) is 5.47. The molecule has 0 aliphatic heterocycles. The third kappa shape index (κ3) is 3.81. The van der Waals surface area contributed by atoms with Crippen LogP contribution in [0.2, 0.25) is 0 Å². The molecule has 2 aromatic carbocycles. The van der Waals surface area contributed by atoms with Crippen molar-refractivity contribution in [3.8, 4) is 11.1 Å². The molecule has 2 atom stereocenters. The van der Waals surface area contributed by atoms with Crippen LogP contribution in [0.3, 0.4) is 0 Å². The molecule has 4 rings (SSSR count). The molecule has 1 aliphatic rings. The maximum absolute atomic E-state index is 13.0. The van der Waals surface area contributed by atoms with Crippen molar-refractivity contribution in [3.05, 3.63) is 82.0 Å². The largest absolute Gasteiger partial charge is 0.481 e. The number of hydrogen-bond acceptors (Lipinski definition) is 5. The summed E-state index contributed by atoms with van der Waals surface area (Å²) in [6.45, 7) is 0.189. The van der Waals surface area contributed by atoms with E-state index >= 15 is 0 Å². The van der Waals surface area contributed by atoms with Crippen molar-refractivity contribution in [3.63, 3.8) is 0 Å². The molecule has 0 unspecified atom stereocenters. The molecule has 148 valence electrons. The third-order valence-electron chi connectivity index (χ3n) is 5.30. The Morgan fingerprint density at radius 3 is 2.17 bits per heavy atom. The SMILES string of the molecule is N[C@H](CC(=O)O)[C@H](C(=O)OCC1c2ccccc2-c2ccccc21)c1cccs1. The van der Waals surface area contributed by atoms with Crippen molar-refractivity contribution in [2.24, 2.45) is 5.73 Å². The lowest BCUT2D eigenvalue weighted by Crippen LogP contribution is -2.36. The Labute approximate surface area is 172 Å². The average molecular weight is 407 g/mol. The number of aliphatic carboxylic acids is 1. The highest BCUT2D eigenvalue weighted by Gasteiger charge is 2.34. The van der Waals surface area contributed by atoms with E-state index in [0.717, 1.165) is 27.1 Å². The fourth-order valence-corrected chi connectivity index (χ4v) is 4.87. The number of nitrogens with two attached hydrogens (primary N) is 1. The summed E-state index contributed by atoms with van der Waals surface area (Å²) in [5.74, 6) is -2.36. The Morgan fingerprint density at radius 1 is 1.00 bits per heavy atom. The van der Waals surface area contributed by atoms with Crippen LogP contribution in [-0.2, 0) is 14.3 Å². The lowest BCUT2D eigenvalue weighted by Gasteiger charge is -2.22. The molecular weight excluding hydrogens is 386 g/mol. The van der Waals surface area contributed by atoms with Crippen molar-refractivity contribution < 1.29 is 19.4 Å². The Morgan fingerprint density at radius 2 is 1.62 bits per heavy atom. The van der Waals surface area contributed by atoms with Crippen LogP contribution >= 0.6 is 11.3 Å². The summed E-state index contributed by atoms with van der Waals surface area (Å²) in [7, 11) is 0. The lowest BCUT2D eigenvalue weighted by molar-refractivity contribution is -0.146. The molecule has 0 saturated carbocycles. The number of thiophene rings is 1. The van der Waals surface area contributed by atoms with Gasteiger partial charge in [0.1, 0.15) is 12.5 Å². The molecule has 6 heteroatoms. The zero-order chi connectivity index (χ0) is 20.4. The molecule has 3 N–H and O–H groups in total. The Hall–Kier alpha value is -2.96. The Balaban J connectivity index is 1.56. The van der Waals surface area contributed by atoms with E-state index in [1.165, 1.54) is 11.3 Å². The summed E-state index contributed by atoms with van der Waals surface area (Å²) in [6.07, 6.45) is -0.299. The van der Waals surface area contributed by atoms with E-state index in [1.54, 1.807) is 6.07 Å². The maximum atomic E-state index is 13.0. The molecule has 1 heterocycles. The minimum absolute atomic E-state index is 0.0500. The fraction of sp³-hybridized carbons (Fsp3) is 0.217. The van der Waals surface area contributed by atoms with Crippen LogP contribution in [-0.4, -0.2) is 29.7 Å². The molecule has 0 saturated heterocycles. The smallest absolute Gasteiger partial charge is 0.315 e. The molecule has 0 fully saturated rings. The van der Waals surface area contributed by atoms with Gasteiger partial charge in [-0.1, -0.05) is 54.6 Å². The first-order valence-electron chi connectivity index (χ1n) is 9.42. The quantitative estimate of drug-likeness (QED) is 0.578. The van der Waals surface area contributed by atoms with Crippen molar-refractivity contribution in [2.45, 2.75) is 24.3 Å². The number of carbonyl (C=O) groups excluding carboxylic acids is 1. The molecule has 5 nitrogen and oxygen atoms in total. The fourth-order valence-electron chi connectivity index (χ4n) is 3.98. The van der Waals surface area contributed by atoms with Gasteiger partial charge in [0.2, 0.25) is 0 Å². The van der Waals surface area contributed by atoms with Crippen LogP contribution in [0.5, 0.6) is 0 Å². The van der Waals surface area contributed by atoms with Gasteiger partial charge < -0.3 is 15.6 Å². The van der Waals surface area contributed by atoms with Crippen LogP contribution in [0.15, 0.2) is 66.0 Å². The average Bonchev–Trinajstić information content (AvgIpc) is 3.33. The summed E-state index contributed by atoms with van der Waals surface area (Å²) in [5.41, 5.74) is 10.6. The van der Waals surface area contributed by atoms with E-state index in [1.807, 2.05) is 35.7 Å². The lowest BCUT2D eigenvalue weighted by atomic mass is 9.95. The van der Waals surface area contributed by atoms with Gasteiger partial charge in [0, 0.05) is 16.8 Å². The second-order valence-electron chi connectivity index (χ2n) is 7.11. The van der Waals surface area contributed by atoms with E-state index in [-0.39, 0.29) is 18.9 Å². The van der Waals surface area contributed by atoms with Crippen molar-refractivity contribution in [1.29, 1.82) is 0 Å². The van der Waals surface area contributed by atoms with Gasteiger partial charge >= 0.3 is 11.9 Å². The summed E-state index contributed by atoms with van der Waals surface area (Å²) in [6, 6.07) is 19.0. The van der Waals surface area contributed by atoms with E-state index in [2.05, 4.69) is 24.3 Å². The number of esters is 1. The van der Waals surface area contributed by atoms with Crippen LogP contribution in [0.4, 0.5) is 0 Å². The molecule has 0 amide bonds. The predicted octanol–water partition coefficient (Wildman–Crippen LogP) is 3.99. The topological polar surface area (TPSA) is 89.6 Å². The number of carboxylic acids is 1. The maximum Gasteiger partial charge on any atom is 0.315 e. The monoisotopic (exact) mass is 407 g/mol. The number of hydrogen-bond donors (Lipinski definition) is 2. The summed E-state index contributed by atoms with van der Waals surface area (Å²) in [5, 5.41) is 10.9. The van der Waals surface area contributed by atoms with E-state index in [0.29, 0.717) is 0 Å². The van der Waals surface area contributed by atoms with E-state index < -0.39 is 23.9 Å². The second-order valence-corrected chi connectivity index (χ2v) is 8.09. The minimum Gasteiger partial charge on any atom is -0.481 e. The summed E-state index contributed by atoms with van der Waals surface area (Å²) >= 11 is 1.38. The van der Waals surface area contributed by atoms with Gasteiger partial charge in [0.05, 0.1) is 6.42 Å². The number of ether oxygens (including phenoxy) is 1. The Bertz CT molecular complexity index is 985. The number of benzene rings is 2. The van der Waals surface area contributed by atoms with Gasteiger partial charge in [-0.15, -0.1) is 11.3 Å². The predicted molar refractivity (Wildman–Crippen MR) is 112 cm³/mol. The van der Waals surface area contributed by atoms with Crippen molar-refractivity contribution in [1.82, 2.24) is 0 Å². The van der Waals surface area contributed by atoms with Crippen LogP contribution < -0.4 is 5.73 Å². The molecular formula is C23H21NO4S. The van der Waals surface area contributed by atoms with Crippen LogP contribution in [0.25, 0.3) is 11.1 Å². The minimum atomic E-state index is -1.04. The van der Waals surface area contributed by atoms with Gasteiger partial charge in [0.25, 0.3) is 0 Å². The van der Waals surface area contributed by atoms with Gasteiger partial charge in [-0.3, -0.25) is 9.59 Å². The van der Waals surface area contributed by atoms with Crippen LogP contribution in [0, 0.1) is 0 Å². The molecule has 0 bridgehead atoms. The van der Waals surface area contributed by atoms with Crippen molar-refractivity contribution in [2.75, 3.05) is 6.61 Å². The number of carboxylic acid groups (broad SMARTS) is 1. The van der Waals surface area contributed by atoms with E-state index in [9.17, 15) is 9.59 Å². The van der Waals surface area contributed by atoms with Gasteiger partial charge in [0.15, 0.2) is 0 Å². The van der Waals surface area contributed by atoms with Gasteiger partial charge in [-0.25, -0.2) is 0 Å². The molecule has 1 aromatic heterocycles. The normalized spacial score (nSPS) is 14.7. The number of carbonyl (C=O) groups is 2. The van der Waals surface area contributed by atoms with Gasteiger partial charge in [-0.05, 0) is 33.7 Å². The number of rotatable bonds is 7. The highest BCUT2D eigenvalue weighted by atomic mass is 32.1. The first-order chi connectivity index (χ1) is 14.1. The highest BCUT2D eigenvalue weighted by Crippen LogP contribution is 2.44. The second kappa shape index (κ2) is 8.19. The first kappa shape index (κ1) is 19.4. The third-order valence-corrected chi connectivity index (χ3v) is 6.25. The van der Waals surface area contributed by atoms with Gasteiger partial charge in [-0.2, -0.15) is 0 Å². The summed E-state index contributed by atoms with van der Waals surface area (Å²) in [4.78, 5) is 24.8.